The highest BCUT2D eigenvalue weighted by molar-refractivity contribution is 9.10. The van der Waals surface area contributed by atoms with Gasteiger partial charge in [-0.05, 0) is 22.0 Å². The number of hydrogen-bond acceptors (Lipinski definition) is 3. The number of nitrogens with one attached hydrogen (secondary N) is 1. The molecule has 0 fully saturated rings. The van der Waals surface area contributed by atoms with E-state index in [4.69, 9.17) is 4.42 Å². The Morgan fingerprint density at radius 1 is 1.67 bits per heavy atom. The van der Waals surface area contributed by atoms with Crippen LogP contribution < -0.4 is 4.72 Å². The summed E-state index contributed by atoms with van der Waals surface area (Å²) < 4.78 is 30.1. The van der Waals surface area contributed by atoms with Gasteiger partial charge in [-0.15, -0.1) is 0 Å². The van der Waals surface area contributed by atoms with Crippen molar-refractivity contribution >= 4 is 26.0 Å². The van der Waals surface area contributed by atoms with Gasteiger partial charge >= 0.3 is 0 Å². The van der Waals surface area contributed by atoms with Gasteiger partial charge < -0.3 is 4.42 Å². The molecule has 0 bridgehead atoms. The van der Waals surface area contributed by atoms with Crippen molar-refractivity contribution in [1.29, 1.82) is 0 Å². The van der Waals surface area contributed by atoms with Crippen LogP contribution in [-0.4, -0.2) is 15.0 Å². The van der Waals surface area contributed by atoms with Crippen LogP contribution in [0.5, 0.6) is 0 Å². The molecular weight excluding hydrogens is 246 g/mol. The van der Waals surface area contributed by atoms with Crippen LogP contribution in [0.1, 0.15) is 6.92 Å². The maximum absolute atomic E-state index is 11.3. The van der Waals surface area contributed by atoms with E-state index < -0.39 is 10.0 Å². The third kappa shape index (κ3) is 1.88. The molecule has 0 unspecified atom stereocenters. The summed E-state index contributed by atoms with van der Waals surface area (Å²) in [6, 6.07) is 1.53. The molecule has 0 saturated heterocycles. The molecule has 1 aromatic heterocycles. The average molecular weight is 254 g/mol. The predicted octanol–water partition coefficient (Wildman–Crippen LogP) is 1.34. The average Bonchev–Trinajstić information content (AvgIpc) is 2.35. The first-order chi connectivity index (χ1) is 5.58. The summed E-state index contributed by atoms with van der Waals surface area (Å²) in [6.45, 7) is 2.05. The normalized spacial score (nSPS) is 11.8. The molecule has 0 radical (unpaired) electrons. The van der Waals surface area contributed by atoms with Crippen molar-refractivity contribution in [2.24, 2.45) is 0 Å². The Morgan fingerprint density at radius 2 is 2.33 bits per heavy atom. The molecule has 1 N–H and O–H groups in total. The second-order valence-electron chi connectivity index (χ2n) is 2.06. The van der Waals surface area contributed by atoms with Crippen LogP contribution in [-0.2, 0) is 10.0 Å². The standard InChI is InChI=1S/C6H8BrNO3S/c1-2-8-12(9,10)6-5(7)3-4-11-6/h3-4,8H,2H2,1H3. The lowest BCUT2D eigenvalue weighted by Crippen LogP contribution is -2.22. The maximum atomic E-state index is 11.3. The summed E-state index contributed by atoms with van der Waals surface area (Å²) >= 11 is 3.06. The minimum Gasteiger partial charge on any atom is -0.451 e. The van der Waals surface area contributed by atoms with Gasteiger partial charge in [0.25, 0.3) is 10.0 Å². The van der Waals surface area contributed by atoms with Gasteiger partial charge in [-0.3, -0.25) is 0 Å². The van der Waals surface area contributed by atoms with E-state index in [2.05, 4.69) is 20.7 Å². The Hall–Kier alpha value is -0.330. The third-order valence-electron chi connectivity index (χ3n) is 1.16. The molecule has 0 aliphatic rings. The highest BCUT2D eigenvalue weighted by Crippen LogP contribution is 2.21. The summed E-state index contributed by atoms with van der Waals surface area (Å²) in [6.07, 6.45) is 1.31. The molecule has 0 atom stereocenters. The molecular formula is C6H8BrNO3S. The predicted molar refractivity (Wildman–Crippen MR) is 47.3 cm³/mol. The molecule has 0 amide bonds. The number of furan rings is 1. The van der Waals surface area contributed by atoms with Crippen LogP contribution in [0, 0.1) is 0 Å². The fourth-order valence-corrected chi connectivity index (χ4v) is 2.59. The highest BCUT2D eigenvalue weighted by Gasteiger charge is 2.19. The Balaban J connectivity index is 3.06. The van der Waals surface area contributed by atoms with Gasteiger partial charge in [-0.1, -0.05) is 6.92 Å². The van der Waals surface area contributed by atoms with Gasteiger partial charge in [0.15, 0.2) is 0 Å². The van der Waals surface area contributed by atoms with Crippen molar-refractivity contribution in [3.63, 3.8) is 0 Å². The van der Waals surface area contributed by atoms with E-state index in [-0.39, 0.29) is 5.09 Å². The van der Waals surface area contributed by atoms with E-state index in [0.717, 1.165) is 0 Å². The molecule has 0 aliphatic carbocycles. The van der Waals surface area contributed by atoms with Gasteiger partial charge in [-0.2, -0.15) is 0 Å². The van der Waals surface area contributed by atoms with Gasteiger partial charge in [0.2, 0.25) is 5.09 Å². The van der Waals surface area contributed by atoms with Crippen molar-refractivity contribution < 1.29 is 12.8 Å². The number of halogens is 1. The molecule has 1 aromatic rings. The van der Waals surface area contributed by atoms with E-state index >= 15 is 0 Å². The molecule has 0 aromatic carbocycles. The monoisotopic (exact) mass is 253 g/mol. The quantitative estimate of drug-likeness (QED) is 0.885. The van der Waals surface area contributed by atoms with Crippen LogP contribution in [0.4, 0.5) is 0 Å². The lowest BCUT2D eigenvalue weighted by atomic mass is 10.7. The zero-order chi connectivity index (χ0) is 9.19. The fourth-order valence-electron chi connectivity index (χ4n) is 0.727. The minimum atomic E-state index is -3.46. The first kappa shape index (κ1) is 9.76. The van der Waals surface area contributed by atoms with Crippen LogP contribution in [0.2, 0.25) is 0 Å². The van der Waals surface area contributed by atoms with Gasteiger partial charge in [0.1, 0.15) is 0 Å². The smallest absolute Gasteiger partial charge is 0.275 e. The Morgan fingerprint density at radius 3 is 2.75 bits per heavy atom. The van der Waals surface area contributed by atoms with E-state index in [9.17, 15) is 8.42 Å². The Bertz CT molecular complexity index is 357. The molecule has 4 nitrogen and oxygen atoms in total. The first-order valence-corrected chi connectivity index (χ1v) is 5.58. The SMILES string of the molecule is CCNS(=O)(=O)c1occc1Br. The van der Waals surface area contributed by atoms with E-state index in [0.29, 0.717) is 11.0 Å². The van der Waals surface area contributed by atoms with Crippen LogP contribution >= 0.6 is 15.9 Å². The van der Waals surface area contributed by atoms with Gasteiger partial charge in [-0.25, -0.2) is 13.1 Å². The van der Waals surface area contributed by atoms with Crippen LogP contribution in [0.25, 0.3) is 0 Å². The summed E-state index contributed by atoms with van der Waals surface area (Å²) in [4.78, 5) is 0. The zero-order valence-corrected chi connectivity index (χ0v) is 8.78. The lowest BCUT2D eigenvalue weighted by molar-refractivity contribution is 0.443. The van der Waals surface area contributed by atoms with Crippen LogP contribution in [0.15, 0.2) is 26.3 Å². The summed E-state index contributed by atoms with van der Waals surface area (Å²) in [7, 11) is -3.46. The molecule has 12 heavy (non-hydrogen) atoms. The third-order valence-corrected chi connectivity index (χ3v) is 3.52. The van der Waals surface area contributed by atoms with Crippen molar-refractivity contribution in [3.05, 3.63) is 16.8 Å². The topological polar surface area (TPSA) is 59.3 Å². The highest BCUT2D eigenvalue weighted by atomic mass is 79.9. The zero-order valence-electron chi connectivity index (χ0n) is 6.37. The second kappa shape index (κ2) is 3.59. The van der Waals surface area contributed by atoms with Crippen molar-refractivity contribution in [2.75, 3.05) is 6.54 Å². The molecule has 0 spiro atoms. The first-order valence-electron chi connectivity index (χ1n) is 3.30. The largest absolute Gasteiger partial charge is 0.451 e. The molecule has 0 aliphatic heterocycles. The number of rotatable bonds is 3. The van der Waals surface area contributed by atoms with Crippen molar-refractivity contribution in [3.8, 4) is 0 Å². The summed E-state index contributed by atoms with van der Waals surface area (Å²) in [5, 5.41) is -0.0793. The lowest BCUT2D eigenvalue weighted by Gasteiger charge is -1.99. The Labute approximate surface area is 79.1 Å². The fraction of sp³-hybridized carbons (Fsp3) is 0.333. The number of hydrogen-bond donors (Lipinski definition) is 1. The summed E-state index contributed by atoms with van der Waals surface area (Å²) in [5.74, 6) is 0. The van der Waals surface area contributed by atoms with E-state index in [1.54, 1.807) is 6.92 Å². The van der Waals surface area contributed by atoms with Crippen LogP contribution in [0.3, 0.4) is 0 Å². The van der Waals surface area contributed by atoms with Gasteiger partial charge in [0, 0.05) is 6.54 Å². The molecule has 0 saturated carbocycles. The summed E-state index contributed by atoms with van der Waals surface area (Å²) in [5.41, 5.74) is 0. The molecule has 1 rings (SSSR count). The molecule has 68 valence electrons. The molecule has 1 heterocycles. The molecule has 6 heteroatoms. The second-order valence-corrected chi connectivity index (χ2v) is 4.58. The minimum absolute atomic E-state index is 0.0793. The van der Waals surface area contributed by atoms with Gasteiger partial charge in [0.05, 0.1) is 10.7 Å². The van der Waals surface area contributed by atoms with Crippen molar-refractivity contribution in [1.82, 2.24) is 4.72 Å². The number of sulfonamides is 1. The van der Waals surface area contributed by atoms with Crippen molar-refractivity contribution in [2.45, 2.75) is 12.0 Å². The maximum Gasteiger partial charge on any atom is 0.275 e. The van der Waals surface area contributed by atoms with E-state index in [1.165, 1.54) is 12.3 Å². The van der Waals surface area contributed by atoms with E-state index in [1.807, 2.05) is 0 Å². The Kier molecular flexibility index (Phi) is 2.92.